The summed E-state index contributed by atoms with van der Waals surface area (Å²) in [5, 5.41) is 0.372. The van der Waals surface area contributed by atoms with Crippen molar-refractivity contribution < 1.29 is 14.2 Å². The Bertz CT molecular complexity index is 605. The molecule has 106 valence electrons. The Kier molecular flexibility index (Phi) is 4.76. The summed E-state index contributed by atoms with van der Waals surface area (Å²) in [5.74, 6) is 1.83. The predicted octanol–water partition coefficient (Wildman–Crippen LogP) is 2.96. The second-order valence-corrected chi connectivity index (χ2v) is 4.38. The molecule has 0 aliphatic carbocycles. The van der Waals surface area contributed by atoms with Crippen molar-refractivity contribution in [3.63, 3.8) is 0 Å². The summed E-state index contributed by atoms with van der Waals surface area (Å²) in [5.41, 5.74) is 1.57. The molecule has 0 amide bonds. The number of hydrogen-bond acceptors (Lipinski definition) is 5. The molecule has 0 radical (unpaired) electrons. The third kappa shape index (κ3) is 3.18. The minimum absolute atomic E-state index is 0.306. The molecule has 0 aliphatic rings. The van der Waals surface area contributed by atoms with Gasteiger partial charge in [0.2, 0.25) is 0 Å². The Balaban J connectivity index is 2.45. The summed E-state index contributed by atoms with van der Waals surface area (Å²) < 4.78 is 15.5. The lowest BCUT2D eigenvalue weighted by Crippen LogP contribution is -1.99. The second-order valence-electron chi connectivity index (χ2n) is 3.99. The lowest BCUT2D eigenvalue weighted by molar-refractivity contribution is 0.178. The predicted molar refractivity (Wildman–Crippen MR) is 76.3 cm³/mol. The van der Waals surface area contributed by atoms with E-state index in [1.807, 2.05) is 18.2 Å². The fourth-order valence-electron chi connectivity index (χ4n) is 1.80. The first kappa shape index (κ1) is 14.6. The summed E-state index contributed by atoms with van der Waals surface area (Å²) in [6, 6.07) is 7.24. The van der Waals surface area contributed by atoms with E-state index in [1.54, 1.807) is 27.4 Å². The zero-order valence-corrected chi connectivity index (χ0v) is 12.3. The third-order valence-corrected chi connectivity index (χ3v) is 2.89. The number of halogens is 1. The Labute approximate surface area is 122 Å². The van der Waals surface area contributed by atoms with E-state index in [4.69, 9.17) is 25.8 Å². The first-order valence-electron chi connectivity index (χ1n) is 5.92. The minimum Gasteiger partial charge on any atom is -0.493 e. The molecule has 0 spiro atoms. The molecular weight excluding hydrogens is 280 g/mol. The fraction of sp³-hybridized carbons (Fsp3) is 0.286. The van der Waals surface area contributed by atoms with Crippen LogP contribution in [0.25, 0.3) is 11.3 Å². The Morgan fingerprint density at radius 2 is 1.75 bits per heavy atom. The molecule has 2 rings (SSSR count). The number of nitrogens with zero attached hydrogens (tertiary/aromatic N) is 2. The molecule has 5 nitrogen and oxygen atoms in total. The van der Waals surface area contributed by atoms with Gasteiger partial charge in [-0.1, -0.05) is 11.6 Å². The highest BCUT2D eigenvalue weighted by molar-refractivity contribution is 6.29. The van der Waals surface area contributed by atoms with Gasteiger partial charge < -0.3 is 14.2 Å². The van der Waals surface area contributed by atoms with Crippen LogP contribution in [0.3, 0.4) is 0 Å². The van der Waals surface area contributed by atoms with Crippen LogP contribution >= 0.6 is 11.6 Å². The van der Waals surface area contributed by atoms with Gasteiger partial charge in [0, 0.05) is 18.7 Å². The lowest BCUT2D eigenvalue weighted by Gasteiger charge is -2.10. The fourth-order valence-corrected chi connectivity index (χ4v) is 2.00. The van der Waals surface area contributed by atoms with E-state index in [9.17, 15) is 0 Å². The monoisotopic (exact) mass is 294 g/mol. The molecule has 6 heteroatoms. The maximum atomic E-state index is 6.01. The molecule has 2 aromatic rings. The molecule has 20 heavy (non-hydrogen) atoms. The lowest BCUT2D eigenvalue weighted by atomic mass is 10.1. The van der Waals surface area contributed by atoms with Crippen LogP contribution in [-0.2, 0) is 11.3 Å². The van der Waals surface area contributed by atoms with Gasteiger partial charge in [0.1, 0.15) is 11.8 Å². The van der Waals surface area contributed by atoms with Gasteiger partial charge in [0.15, 0.2) is 17.3 Å². The second kappa shape index (κ2) is 6.54. The smallest absolute Gasteiger partial charge is 0.161 e. The van der Waals surface area contributed by atoms with Crippen LogP contribution in [0.4, 0.5) is 0 Å². The van der Waals surface area contributed by atoms with Gasteiger partial charge >= 0.3 is 0 Å². The number of rotatable bonds is 5. The van der Waals surface area contributed by atoms with Crippen molar-refractivity contribution in [3.8, 4) is 22.8 Å². The maximum Gasteiger partial charge on any atom is 0.161 e. The van der Waals surface area contributed by atoms with Crippen LogP contribution in [-0.4, -0.2) is 31.3 Å². The zero-order chi connectivity index (χ0) is 14.5. The average Bonchev–Trinajstić information content (AvgIpc) is 2.46. The first-order chi connectivity index (χ1) is 9.67. The van der Waals surface area contributed by atoms with Crippen LogP contribution in [0.5, 0.6) is 11.5 Å². The zero-order valence-electron chi connectivity index (χ0n) is 11.5. The average molecular weight is 295 g/mol. The summed E-state index contributed by atoms with van der Waals surface area (Å²) in [6.45, 7) is 0.306. The summed E-state index contributed by atoms with van der Waals surface area (Å²) in [6.07, 6.45) is 0. The molecule has 1 heterocycles. The number of aromatic nitrogens is 2. The quantitative estimate of drug-likeness (QED) is 0.794. The molecule has 1 aromatic carbocycles. The largest absolute Gasteiger partial charge is 0.493 e. The van der Waals surface area contributed by atoms with Crippen LogP contribution in [0.1, 0.15) is 5.82 Å². The normalized spacial score (nSPS) is 10.4. The van der Waals surface area contributed by atoms with Crippen LogP contribution in [0.15, 0.2) is 24.3 Å². The highest BCUT2D eigenvalue weighted by Crippen LogP contribution is 2.32. The standard InChI is InChI=1S/C14H15ClN2O3/c1-18-8-14-16-10(7-13(15)17-14)9-4-5-11(19-2)12(6-9)20-3/h4-7H,8H2,1-3H3. The number of ether oxygens (including phenoxy) is 3. The highest BCUT2D eigenvalue weighted by Gasteiger charge is 2.09. The maximum absolute atomic E-state index is 6.01. The molecule has 0 bridgehead atoms. The van der Waals surface area contributed by atoms with Crippen molar-refractivity contribution >= 4 is 11.6 Å². The van der Waals surface area contributed by atoms with Crippen molar-refractivity contribution in [1.29, 1.82) is 0 Å². The van der Waals surface area contributed by atoms with E-state index in [1.165, 1.54) is 0 Å². The van der Waals surface area contributed by atoms with E-state index in [0.717, 1.165) is 5.56 Å². The molecular formula is C14H15ClN2O3. The molecule has 0 fully saturated rings. The number of methoxy groups -OCH3 is 3. The Morgan fingerprint density at radius 1 is 1.00 bits per heavy atom. The Hall–Kier alpha value is -1.85. The van der Waals surface area contributed by atoms with Gasteiger partial charge in [0.05, 0.1) is 19.9 Å². The van der Waals surface area contributed by atoms with Gasteiger partial charge in [-0.15, -0.1) is 0 Å². The van der Waals surface area contributed by atoms with Gasteiger partial charge in [-0.25, -0.2) is 9.97 Å². The SMILES string of the molecule is COCc1nc(Cl)cc(-c2ccc(OC)c(OC)c2)n1. The van der Waals surface area contributed by atoms with E-state index in [0.29, 0.717) is 34.8 Å². The van der Waals surface area contributed by atoms with Gasteiger partial charge in [0.25, 0.3) is 0 Å². The Morgan fingerprint density at radius 3 is 2.40 bits per heavy atom. The van der Waals surface area contributed by atoms with Crippen molar-refractivity contribution in [1.82, 2.24) is 9.97 Å². The van der Waals surface area contributed by atoms with Gasteiger partial charge in [-0.3, -0.25) is 0 Å². The van der Waals surface area contributed by atoms with Crippen LogP contribution in [0.2, 0.25) is 5.15 Å². The molecule has 0 N–H and O–H groups in total. The third-order valence-electron chi connectivity index (χ3n) is 2.69. The summed E-state index contributed by atoms with van der Waals surface area (Å²) in [4.78, 5) is 8.51. The first-order valence-corrected chi connectivity index (χ1v) is 6.30. The molecule has 0 atom stereocenters. The van der Waals surface area contributed by atoms with Crippen LogP contribution in [0, 0.1) is 0 Å². The number of hydrogen-bond donors (Lipinski definition) is 0. The summed E-state index contributed by atoms with van der Waals surface area (Å²) >= 11 is 6.01. The van der Waals surface area contributed by atoms with E-state index in [-0.39, 0.29) is 0 Å². The van der Waals surface area contributed by atoms with E-state index in [2.05, 4.69) is 9.97 Å². The summed E-state index contributed by atoms with van der Waals surface area (Å²) in [7, 11) is 4.76. The van der Waals surface area contributed by atoms with E-state index < -0.39 is 0 Å². The molecule has 0 saturated heterocycles. The van der Waals surface area contributed by atoms with Crippen molar-refractivity contribution in [2.75, 3.05) is 21.3 Å². The van der Waals surface area contributed by atoms with Gasteiger partial charge in [-0.2, -0.15) is 0 Å². The molecule has 0 saturated carbocycles. The highest BCUT2D eigenvalue weighted by atomic mass is 35.5. The molecule has 0 aliphatic heterocycles. The number of benzene rings is 1. The van der Waals surface area contributed by atoms with E-state index >= 15 is 0 Å². The minimum atomic E-state index is 0.306. The molecule has 0 unspecified atom stereocenters. The topological polar surface area (TPSA) is 53.5 Å². The van der Waals surface area contributed by atoms with Crippen LogP contribution < -0.4 is 9.47 Å². The van der Waals surface area contributed by atoms with Gasteiger partial charge in [-0.05, 0) is 18.2 Å². The van der Waals surface area contributed by atoms with Crippen molar-refractivity contribution in [2.24, 2.45) is 0 Å². The van der Waals surface area contributed by atoms with Crippen molar-refractivity contribution in [2.45, 2.75) is 6.61 Å². The molecule has 1 aromatic heterocycles. The van der Waals surface area contributed by atoms with Crippen molar-refractivity contribution in [3.05, 3.63) is 35.2 Å².